The molecular formula is C20H14KN4O12S4+. The minimum atomic E-state index is -5.07. The zero-order valence-electron chi connectivity index (χ0n) is 20.3. The molecule has 210 valence electrons. The van der Waals surface area contributed by atoms with Crippen LogP contribution in [-0.4, -0.2) is 69.8 Å². The molecule has 0 aliphatic carbocycles. The van der Waals surface area contributed by atoms with Crippen molar-refractivity contribution in [1.29, 1.82) is 0 Å². The van der Waals surface area contributed by atoms with E-state index in [0.29, 0.717) is 7.94 Å². The summed E-state index contributed by atoms with van der Waals surface area (Å²) in [5.41, 5.74) is -0.804. The van der Waals surface area contributed by atoms with Crippen LogP contribution in [0, 0.1) is 0 Å². The van der Waals surface area contributed by atoms with Crippen LogP contribution in [0.5, 0.6) is 0 Å². The summed E-state index contributed by atoms with van der Waals surface area (Å²) in [6.07, 6.45) is 0. The summed E-state index contributed by atoms with van der Waals surface area (Å²) < 4.78 is 134. The van der Waals surface area contributed by atoms with Gasteiger partial charge in [-0.15, -0.1) is 0 Å². The Hall–Kier alpha value is -2.12. The standard InChI is InChI=1S/C20H14N4O12S4.K/c25-37(26,27)13-5-7-15-17(9-13)23(39(31,32)33)19(21-15)11-1-2-12(4-3-11)20-22-16-8-6-14(38(28,29)30)10-18(16)24(20)40(34,35)36;/h1-10H,(H,25,26,27)(H,28,29,30)(H,31,32,33)(H,34,35,36);/q;+1. The first-order valence-corrected chi connectivity index (χ1v) is 16.1. The topological polar surface area (TPSA) is 253 Å². The number of fused-ring (bicyclic) bond motifs is 2. The Morgan fingerprint density at radius 2 is 0.829 bits per heavy atom. The molecule has 4 N–H and O–H groups in total. The molecule has 16 nitrogen and oxygen atoms in total. The van der Waals surface area contributed by atoms with Crippen molar-refractivity contribution in [3.05, 3.63) is 60.7 Å². The van der Waals surface area contributed by atoms with Crippen molar-refractivity contribution in [2.24, 2.45) is 0 Å². The van der Waals surface area contributed by atoms with E-state index in [1.165, 1.54) is 24.3 Å². The summed E-state index contributed by atoms with van der Waals surface area (Å²) in [6.45, 7) is 0. The third-order valence-electron chi connectivity index (χ3n) is 5.63. The molecule has 0 saturated carbocycles. The summed E-state index contributed by atoms with van der Waals surface area (Å²) in [7, 11) is -19.6. The smallest absolute Gasteiger partial charge is 0.282 e. The van der Waals surface area contributed by atoms with E-state index in [1.807, 2.05) is 0 Å². The molecule has 0 radical (unpaired) electrons. The van der Waals surface area contributed by atoms with Crippen LogP contribution in [0.1, 0.15) is 0 Å². The van der Waals surface area contributed by atoms with Crippen molar-refractivity contribution >= 4 is 62.9 Å². The molecule has 41 heavy (non-hydrogen) atoms. The Kier molecular flexibility index (Phi) is 8.18. The van der Waals surface area contributed by atoms with E-state index in [0.717, 1.165) is 36.4 Å². The summed E-state index contributed by atoms with van der Waals surface area (Å²) in [4.78, 5) is 6.90. The van der Waals surface area contributed by atoms with Gasteiger partial charge in [0.25, 0.3) is 20.2 Å². The fourth-order valence-corrected chi connectivity index (χ4v) is 6.51. The van der Waals surface area contributed by atoms with Crippen molar-refractivity contribution in [3.63, 3.8) is 0 Å². The molecule has 0 atom stereocenters. The van der Waals surface area contributed by atoms with Gasteiger partial charge in [-0.2, -0.15) is 41.6 Å². The molecule has 0 bridgehead atoms. The van der Waals surface area contributed by atoms with Gasteiger partial charge in [0.1, 0.15) is 0 Å². The van der Waals surface area contributed by atoms with E-state index in [4.69, 9.17) is 0 Å². The minimum Gasteiger partial charge on any atom is -0.282 e. The first kappa shape index (κ1) is 31.8. The van der Waals surface area contributed by atoms with Crippen molar-refractivity contribution in [2.45, 2.75) is 9.79 Å². The molecule has 0 saturated heterocycles. The predicted molar refractivity (Wildman–Crippen MR) is 137 cm³/mol. The van der Waals surface area contributed by atoms with Crippen molar-refractivity contribution in [1.82, 2.24) is 17.9 Å². The number of hydrogen-bond acceptors (Lipinski definition) is 10. The minimum absolute atomic E-state index is 0. The van der Waals surface area contributed by atoms with Crippen LogP contribution in [0.3, 0.4) is 0 Å². The number of imidazole rings is 2. The summed E-state index contributed by atoms with van der Waals surface area (Å²) in [5, 5.41) is 0. The SMILES string of the molecule is O=S(=O)(O)c1ccc2nc(-c3ccc(-c4nc5ccc(S(=O)(=O)O)cc5n4S(=O)(=O)O)cc3)n(S(=O)(=O)O)c2c1.[K+]. The first-order chi connectivity index (χ1) is 18.4. The van der Waals surface area contributed by atoms with Gasteiger partial charge in [0.05, 0.1) is 31.9 Å². The maximum absolute atomic E-state index is 12.2. The molecule has 0 aliphatic rings. The van der Waals surface area contributed by atoms with Crippen molar-refractivity contribution in [2.75, 3.05) is 0 Å². The zero-order valence-corrected chi connectivity index (χ0v) is 26.6. The van der Waals surface area contributed by atoms with Gasteiger partial charge < -0.3 is 0 Å². The Balaban J connectivity index is 0.00000387. The molecule has 0 aliphatic heterocycles. The Bertz CT molecular complexity index is 2150. The van der Waals surface area contributed by atoms with Crippen LogP contribution in [0.25, 0.3) is 44.8 Å². The van der Waals surface area contributed by atoms with Gasteiger partial charge >= 0.3 is 72.0 Å². The summed E-state index contributed by atoms with van der Waals surface area (Å²) in [5.74, 6) is -0.754. The van der Waals surface area contributed by atoms with Crippen molar-refractivity contribution in [3.8, 4) is 22.8 Å². The molecule has 5 rings (SSSR count). The number of nitrogens with zero attached hydrogens (tertiary/aromatic N) is 4. The molecule has 3 aromatic carbocycles. The average Bonchev–Trinajstić information content (AvgIpc) is 3.41. The summed E-state index contributed by atoms with van der Waals surface area (Å²) >= 11 is 0. The van der Waals surface area contributed by atoms with Crippen LogP contribution in [0.2, 0.25) is 0 Å². The van der Waals surface area contributed by atoms with Gasteiger partial charge in [0.2, 0.25) is 0 Å². The van der Waals surface area contributed by atoms with Gasteiger partial charge in [0, 0.05) is 11.1 Å². The van der Waals surface area contributed by atoms with E-state index < -0.39 is 50.6 Å². The molecule has 21 heteroatoms. The van der Waals surface area contributed by atoms with Gasteiger partial charge in [-0.25, -0.2) is 9.97 Å². The molecule has 0 unspecified atom stereocenters. The molecule has 2 aromatic heterocycles. The van der Waals surface area contributed by atoms with Crippen molar-refractivity contribution < 1.29 is 103 Å². The summed E-state index contributed by atoms with van der Waals surface area (Å²) in [6, 6.07) is 10.7. The second-order valence-electron chi connectivity index (χ2n) is 8.18. The molecular weight excluding hydrogens is 656 g/mol. The van der Waals surface area contributed by atoms with E-state index in [-0.39, 0.29) is 96.2 Å². The van der Waals surface area contributed by atoms with Gasteiger partial charge in [-0.3, -0.25) is 18.2 Å². The fraction of sp³-hybridized carbons (Fsp3) is 0. The third-order valence-corrected chi connectivity index (χ3v) is 8.99. The van der Waals surface area contributed by atoms with E-state index in [1.54, 1.807) is 0 Å². The zero-order chi connectivity index (χ0) is 29.4. The van der Waals surface area contributed by atoms with E-state index in [2.05, 4.69) is 9.97 Å². The normalized spacial score (nSPS) is 13.0. The van der Waals surface area contributed by atoms with Gasteiger partial charge in [-0.1, -0.05) is 24.3 Å². The van der Waals surface area contributed by atoms with Crippen LogP contribution in [0.15, 0.2) is 70.5 Å². The Morgan fingerprint density at radius 3 is 1.10 bits per heavy atom. The Morgan fingerprint density at radius 1 is 0.512 bits per heavy atom. The molecule has 0 fully saturated rings. The van der Waals surface area contributed by atoms with Crippen LogP contribution in [-0.2, 0) is 40.8 Å². The number of benzene rings is 3. The number of hydrogen-bond donors (Lipinski definition) is 4. The fourth-order valence-electron chi connectivity index (χ4n) is 3.99. The van der Waals surface area contributed by atoms with E-state index in [9.17, 15) is 51.9 Å². The van der Waals surface area contributed by atoms with Crippen LogP contribution >= 0.6 is 0 Å². The van der Waals surface area contributed by atoms with E-state index >= 15 is 0 Å². The third kappa shape index (κ3) is 6.04. The number of rotatable bonds is 6. The van der Waals surface area contributed by atoms with Gasteiger partial charge in [-0.05, 0) is 36.4 Å². The number of aromatic nitrogens is 4. The second kappa shape index (κ2) is 10.5. The molecule has 5 aromatic rings. The second-order valence-corrected chi connectivity index (χ2v) is 13.5. The van der Waals surface area contributed by atoms with Crippen LogP contribution in [0.4, 0.5) is 0 Å². The molecule has 0 amide bonds. The average molecular weight is 670 g/mol. The maximum atomic E-state index is 12.2. The monoisotopic (exact) mass is 669 g/mol. The first-order valence-electron chi connectivity index (χ1n) is 10.4. The molecule has 0 spiro atoms. The predicted octanol–water partition coefficient (Wildman–Crippen LogP) is -1.48. The Labute approximate surface area is 274 Å². The van der Waals surface area contributed by atoms with Crippen LogP contribution < -0.4 is 51.4 Å². The molecule has 2 heterocycles. The maximum Gasteiger partial charge on any atom is 1.00 e. The van der Waals surface area contributed by atoms with Gasteiger partial charge in [0.15, 0.2) is 11.6 Å². The quantitative estimate of drug-likeness (QED) is 0.119. The largest absolute Gasteiger partial charge is 1.00 e.